The highest BCUT2D eigenvalue weighted by Crippen LogP contribution is 2.27. The summed E-state index contributed by atoms with van der Waals surface area (Å²) in [6, 6.07) is 3.55. The predicted molar refractivity (Wildman–Crippen MR) is 67.3 cm³/mol. The smallest absolute Gasteiger partial charge is 0.231 e. The minimum absolute atomic E-state index is 0.290. The molecule has 1 aliphatic heterocycles. The van der Waals surface area contributed by atoms with E-state index in [0.717, 1.165) is 13.1 Å². The second-order valence-corrected chi connectivity index (χ2v) is 5.00. The highest BCUT2D eigenvalue weighted by Gasteiger charge is 2.29. The van der Waals surface area contributed by atoms with Crippen LogP contribution < -0.4 is 5.32 Å². The Morgan fingerprint density at radius 1 is 1.39 bits per heavy atom. The second kappa shape index (κ2) is 4.66. The summed E-state index contributed by atoms with van der Waals surface area (Å²) < 4.78 is 5.33. The molecule has 3 heterocycles. The lowest BCUT2D eigenvalue weighted by Crippen LogP contribution is -2.08. The van der Waals surface area contributed by atoms with Gasteiger partial charge in [0.05, 0.1) is 10.9 Å². The standard InChI is InChI=1S/C12H13ClN4O/c1-7-4-14-6-9(7)12-16-11(17-18-12)10-3-2-8(13)5-15-10/h2-3,5,7,9,14H,4,6H2,1H3/t7-,9-/m1/s1. The predicted octanol–water partition coefficient (Wildman–Crippen LogP) is 2.11. The highest BCUT2D eigenvalue weighted by molar-refractivity contribution is 6.30. The zero-order valence-corrected chi connectivity index (χ0v) is 10.7. The SMILES string of the molecule is C[C@@H]1CNC[C@H]1c1nc(-c2ccc(Cl)cn2)no1. The van der Waals surface area contributed by atoms with Crippen LogP contribution in [0.4, 0.5) is 0 Å². The fourth-order valence-corrected chi connectivity index (χ4v) is 2.25. The molecule has 0 radical (unpaired) electrons. The average Bonchev–Trinajstić information content (AvgIpc) is 2.98. The molecule has 0 aromatic carbocycles. The van der Waals surface area contributed by atoms with Crippen LogP contribution in [0, 0.1) is 5.92 Å². The lowest BCUT2D eigenvalue weighted by Gasteiger charge is -2.07. The van der Waals surface area contributed by atoms with Crippen molar-refractivity contribution >= 4 is 11.6 Å². The van der Waals surface area contributed by atoms with E-state index in [1.807, 2.05) is 0 Å². The lowest BCUT2D eigenvalue weighted by molar-refractivity contribution is 0.340. The van der Waals surface area contributed by atoms with Gasteiger partial charge in [-0.15, -0.1) is 0 Å². The van der Waals surface area contributed by atoms with E-state index in [0.29, 0.717) is 34.3 Å². The van der Waals surface area contributed by atoms with Gasteiger partial charge in [-0.2, -0.15) is 4.98 Å². The van der Waals surface area contributed by atoms with E-state index < -0.39 is 0 Å². The largest absolute Gasteiger partial charge is 0.339 e. The average molecular weight is 265 g/mol. The molecule has 0 amide bonds. The monoisotopic (exact) mass is 264 g/mol. The Balaban J connectivity index is 1.87. The number of nitrogens with one attached hydrogen (secondary N) is 1. The summed E-state index contributed by atoms with van der Waals surface area (Å²) in [7, 11) is 0. The van der Waals surface area contributed by atoms with Crippen LogP contribution in [0.25, 0.3) is 11.5 Å². The Bertz CT molecular complexity index is 539. The van der Waals surface area contributed by atoms with Crippen molar-refractivity contribution in [1.29, 1.82) is 0 Å². The molecule has 0 unspecified atom stereocenters. The van der Waals surface area contributed by atoms with Gasteiger partial charge in [-0.05, 0) is 24.6 Å². The first-order chi connectivity index (χ1) is 8.74. The highest BCUT2D eigenvalue weighted by atomic mass is 35.5. The summed E-state index contributed by atoms with van der Waals surface area (Å²) in [6.07, 6.45) is 1.58. The summed E-state index contributed by atoms with van der Waals surface area (Å²) in [4.78, 5) is 8.59. The zero-order chi connectivity index (χ0) is 12.5. The first kappa shape index (κ1) is 11.6. The van der Waals surface area contributed by atoms with E-state index in [2.05, 4.69) is 27.4 Å². The second-order valence-electron chi connectivity index (χ2n) is 4.56. The zero-order valence-electron chi connectivity index (χ0n) is 9.93. The molecule has 0 aliphatic carbocycles. The molecule has 6 heteroatoms. The Hall–Kier alpha value is -1.46. The first-order valence-electron chi connectivity index (χ1n) is 5.90. The number of pyridine rings is 1. The molecule has 0 saturated carbocycles. The first-order valence-corrected chi connectivity index (χ1v) is 6.28. The van der Waals surface area contributed by atoms with E-state index in [9.17, 15) is 0 Å². The number of halogens is 1. The quantitative estimate of drug-likeness (QED) is 0.900. The topological polar surface area (TPSA) is 63.8 Å². The van der Waals surface area contributed by atoms with Gasteiger partial charge in [-0.3, -0.25) is 4.98 Å². The molecular formula is C12H13ClN4O. The van der Waals surface area contributed by atoms with Crippen LogP contribution in [0.5, 0.6) is 0 Å². The minimum atomic E-state index is 0.290. The Labute approximate surface area is 110 Å². The summed E-state index contributed by atoms with van der Waals surface area (Å²) >= 11 is 5.79. The van der Waals surface area contributed by atoms with Crippen LogP contribution in [0.15, 0.2) is 22.9 Å². The van der Waals surface area contributed by atoms with E-state index in [4.69, 9.17) is 16.1 Å². The molecular weight excluding hydrogens is 252 g/mol. The van der Waals surface area contributed by atoms with E-state index in [-0.39, 0.29) is 0 Å². The van der Waals surface area contributed by atoms with Crippen molar-refractivity contribution in [3.8, 4) is 11.5 Å². The Kier molecular flexibility index (Phi) is 3.01. The number of rotatable bonds is 2. The van der Waals surface area contributed by atoms with Crippen LogP contribution >= 0.6 is 11.6 Å². The van der Waals surface area contributed by atoms with Crippen molar-refractivity contribution in [3.63, 3.8) is 0 Å². The van der Waals surface area contributed by atoms with Gasteiger partial charge in [0, 0.05) is 12.7 Å². The maximum Gasteiger partial charge on any atom is 0.231 e. The van der Waals surface area contributed by atoms with Gasteiger partial charge in [-0.25, -0.2) is 0 Å². The summed E-state index contributed by atoms with van der Waals surface area (Å²) in [6.45, 7) is 4.05. The van der Waals surface area contributed by atoms with Crippen molar-refractivity contribution in [2.24, 2.45) is 5.92 Å². The molecule has 2 aromatic heterocycles. The maximum absolute atomic E-state index is 5.79. The van der Waals surface area contributed by atoms with E-state index in [1.165, 1.54) is 0 Å². The molecule has 1 aliphatic rings. The lowest BCUT2D eigenvalue weighted by atomic mass is 9.98. The van der Waals surface area contributed by atoms with Crippen LogP contribution in [0.2, 0.25) is 5.02 Å². The van der Waals surface area contributed by atoms with Crippen molar-refractivity contribution in [2.75, 3.05) is 13.1 Å². The Morgan fingerprint density at radius 2 is 2.28 bits per heavy atom. The molecule has 2 atom stereocenters. The third kappa shape index (κ3) is 2.11. The van der Waals surface area contributed by atoms with Crippen molar-refractivity contribution in [3.05, 3.63) is 29.2 Å². The number of nitrogens with zero attached hydrogens (tertiary/aromatic N) is 3. The summed E-state index contributed by atoms with van der Waals surface area (Å²) in [5.74, 6) is 2.00. The number of aromatic nitrogens is 3. The van der Waals surface area contributed by atoms with Gasteiger partial charge >= 0.3 is 0 Å². The molecule has 1 fully saturated rings. The molecule has 2 aromatic rings. The molecule has 18 heavy (non-hydrogen) atoms. The van der Waals surface area contributed by atoms with Crippen LogP contribution in [-0.2, 0) is 0 Å². The van der Waals surface area contributed by atoms with Crippen molar-refractivity contribution < 1.29 is 4.52 Å². The van der Waals surface area contributed by atoms with Gasteiger partial charge in [0.15, 0.2) is 0 Å². The fourth-order valence-electron chi connectivity index (χ4n) is 2.14. The van der Waals surface area contributed by atoms with Crippen LogP contribution in [-0.4, -0.2) is 28.2 Å². The molecule has 1 saturated heterocycles. The Morgan fingerprint density at radius 3 is 2.94 bits per heavy atom. The maximum atomic E-state index is 5.79. The molecule has 0 spiro atoms. The third-order valence-corrected chi connectivity index (χ3v) is 3.46. The molecule has 3 rings (SSSR count). The van der Waals surface area contributed by atoms with Crippen molar-refractivity contribution in [1.82, 2.24) is 20.4 Å². The van der Waals surface area contributed by atoms with Crippen LogP contribution in [0.3, 0.4) is 0 Å². The van der Waals surface area contributed by atoms with Crippen molar-refractivity contribution in [2.45, 2.75) is 12.8 Å². The van der Waals surface area contributed by atoms with Gasteiger partial charge < -0.3 is 9.84 Å². The van der Waals surface area contributed by atoms with Crippen LogP contribution in [0.1, 0.15) is 18.7 Å². The molecule has 94 valence electrons. The molecule has 1 N–H and O–H groups in total. The summed E-state index contributed by atoms with van der Waals surface area (Å²) in [5, 5.41) is 7.89. The summed E-state index contributed by atoms with van der Waals surface area (Å²) in [5.41, 5.74) is 0.674. The van der Waals surface area contributed by atoms with Gasteiger partial charge in [0.1, 0.15) is 5.69 Å². The number of hydrogen-bond donors (Lipinski definition) is 1. The van der Waals surface area contributed by atoms with Gasteiger partial charge in [0.2, 0.25) is 11.7 Å². The normalized spacial score (nSPS) is 23.4. The van der Waals surface area contributed by atoms with E-state index >= 15 is 0 Å². The fraction of sp³-hybridized carbons (Fsp3) is 0.417. The molecule has 5 nitrogen and oxygen atoms in total. The molecule has 0 bridgehead atoms. The minimum Gasteiger partial charge on any atom is -0.339 e. The van der Waals surface area contributed by atoms with E-state index in [1.54, 1.807) is 18.3 Å². The van der Waals surface area contributed by atoms with Gasteiger partial charge in [-0.1, -0.05) is 23.7 Å². The third-order valence-electron chi connectivity index (χ3n) is 3.23. The number of hydrogen-bond acceptors (Lipinski definition) is 5. The van der Waals surface area contributed by atoms with Gasteiger partial charge in [0.25, 0.3) is 0 Å².